The topological polar surface area (TPSA) is 49.4 Å². The summed E-state index contributed by atoms with van der Waals surface area (Å²) in [6.45, 7) is 0.760. The first-order valence-electron chi connectivity index (χ1n) is 8.42. The molecule has 1 N–H and O–H groups in total. The van der Waals surface area contributed by atoms with E-state index in [1.807, 2.05) is 24.3 Å². The number of anilines is 1. The van der Waals surface area contributed by atoms with E-state index in [1.54, 1.807) is 4.90 Å². The van der Waals surface area contributed by atoms with Crippen LogP contribution in [-0.4, -0.2) is 24.4 Å². The molecule has 2 saturated carbocycles. The molecule has 2 amide bonds. The monoisotopic (exact) mass is 298 g/mol. The van der Waals surface area contributed by atoms with Gasteiger partial charge < -0.3 is 10.2 Å². The fourth-order valence-electron chi connectivity index (χ4n) is 4.41. The van der Waals surface area contributed by atoms with Gasteiger partial charge in [0.1, 0.15) is 0 Å². The summed E-state index contributed by atoms with van der Waals surface area (Å²) >= 11 is 0. The molecule has 1 aliphatic heterocycles. The molecule has 0 radical (unpaired) electrons. The second-order valence-electron chi connectivity index (χ2n) is 6.95. The summed E-state index contributed by atoms with van der Waals surface area (Å²) in [6.07, 6.45) is 6.54. The van der Waals surface area contributed by atoms with Crippen LogP contribution in [0, 0.1) is 11.8 Å². The van der Waals surface area contributed by atoms with Gasteiger partial charge in [0, 0.05) is 30.3 Å². The fraction of sp³-hybridized carbons (Fsp3) is 0.556. The summed E-state index contributed by atoms with van der Waals surface area (Å²) in [7, 11) is 0. The molecule has 22 heavy (non-hydrogen) atoms. The normalized spacial score (nSPS) is 30.1. The highest BCUT2D eigenvalue weighted by molar-refractivity contribution is 5.99. The molecule has 0 aromatic heterocycles. The van der Waals surface area contributed by atoms with Crippen LogP contribution in [0.15, 0.2) is 24.3 Å². The number of carbonyl (C=O) groups excluding carboxylic acids is 2. The molecule has 2 aliphatic carbocycles. The Labute approximate surface area is 130 Å². The lowest BCUT2D eigenvalue weighted by Gasteiger charge is -2.23. The van der Waals surface area contributed by atoms with E-state index in [1.165, 1.54) is 19.3 Å². The molecule has 0 spiro atoms. The number of rotatable bonds is 3. The average molecular weight is 298 g/mol. The number of nitrogens with one attached hydrogen (secondary N) is 1. The molecule has 1 aromatic rings. The Morgan fingerprint density at radius 2 is 2.14 bits per heavy atom. The minimum absolute atomic E-state index is 0.00560. The van der Waals surface area contributed by atoms with Gasteiger partial charge in [-0.3, -0.25) is 9.59 Å². The number of fused-ring (bicyclic) bond motifs is 2. The van der Waals surface area contributed by atoms with Crippen molar-refractivity contribution in [2.45, 2.75) is 44.6 Å². The molecule has 4 rings (SSSR count). The molecule has 1 aromatic carbocycles. The first kappa shape index (κ1) is 13.8. The molecule has 3 fully saturated rings. The fourth-order valence-corrected chi connectivity index (χ4v) is 4.41. The van der Waals surface area contributed by atoms with Gasteiger partial charge in [0.25, 0.3) is 5.91 Å². The van der Waals surface area contributed by atoms with Gasteiger partial charge in [-0.05, 0) is 55.7 Å². The van der Waals surface area contributed by atoms with Gasteiger partial charge in [-0.2, -0.15) is 0 Å². The first-order chi connectivity index (χ1) is 10.7. The predicted octanol–water partition coefficient (Wildman–Crippen LogP) is 2.73. The molecule has 4 heteroatoms. The second-order valence-corrected chi connectivity index (χ2v) is 6.95. The summed E-state index contributed by atoms with van der Waals surface area (Å²) < 4.78 is 0. The number of benzene rings is 1. The van der Waals surface area contributed by atoms with Crippen LogP contribution in [-0.2, 0) is 4.79 Å². The number of carbonyl (C=O) groups is 2. The SMILES string of the molecule is O=C(N[C@H]1C[C@@H]2CC[C@@H]1C2)c1cccc(N2CCCC2=O)c1. The highest BCUT2D eigenvalue weighted by Crippen LogP contribution is 2.44. The number of hydrogen-bond donors (Lipinski definition) is 1. The van der Waals surface area contributed by atoms with E-state index in [0.717, 1.165) is 31.0 Å². The highest BCUT2D eigenvalue weighted by atomic mass is 16.2. The Morgan fingerprint density at radius 1 is 1.23 bits per heavy atom. The summed E-state index contributed by atoms with van der Waals surface area (Å²) in [5.74, 6) is 1.66. The molecule has 1 heterocycles. The Hall–Kier alpha value is -1.84. The molecular weight excluding hydrogens is 276 g/mol. The zero-order valence-electron chi connectivity index (χ0n) is 12.8. The summed E-state index contributed by atoms with van der Waals surface area (Å²) in [5, 5.41) is 3.21. The lowest BCUT2D eigenvalue weighted by atomic mass is 9.95. The standard InChI is InChI=1S/C18H22N2O2/c21-17-5-2-8-20(17)15-4-1-3-14(11-15)18(22)19-16-10-12-6-7-13(16)9-12/h1,3-4,11-13,16H,2,5-10H2,(H,19,22)/t12-,13-,16+/m1/s1. The zero-order chi connectivity index (χ0) is 15.1. The van der Waals surface area contributed by atoms with Crippen molar-refractivity contribution in [2.24, 2.45) is 11.8 Å². The van der Waals surface area contributed by atoms with Crippen LogP contribution in [0.25, 0.3) is 0 Å². The van der Waals surface area contributed by atoms with Crippen molar-refractivity contribution in [1.82, 2.24) is 5.32 Å². The maximum absolute atomic E-state index is 12.5. The number of nitrogens with zero attached hydrogens (tertiary/aromatic N) is 1. The molecule has 2 bridgehead atoms. The maximum atomic E-state index is 12.5. The van der Waals surface area contributed by atoms with Gasteiger partial charge >= 0.3 is 0 Å². The van der Waals surface area contributed by atoms with Crippen molar-refractivity contribution in [3.63, 3.8) is 0 Å². The smallest absolute Gasteiger partial charge is 0.251 e. The van der Waals surface area contributed by atoms with E-state index in [2.05, 4.69) is 5.32 Å². The van der Waals surface area contributed by atoms with Crippen molar-refractivity contribution in [2.75, 3.05) is 11.4 Å². The van der Waals surface area contributed by atoms with E-state index in [0.29, 0.717) is 23.9 Å². The molecule has 3 aliphatic rings. The summed E-state index contributed by atoms with van der Waals surface area (Å²) in [4.78, 5) is 26.1. The van der Waals surface area contributed by atoms with Gasteiger partial charge in [-0.15, -0.1) is 0 Å². The van der Waals surface area contributed by atoms with Crippen molar-refractivity contribution in [1.29, 1.82) is 0 Å². The minimum Gasteiger partial charge on any atom is -0.349 e. The Balaban J connectivity index is 1.47. The van der Waals surface area contributed by atoms with Gasteiger partial charge in [0.2, 0.25) is 5.91 Å². The maximum Gasteiger partial charge on any atom is 0.251 e. The van der Waals surface area contributed by atoms with Gasteiger partial charge in [-0.25, -0.2) is 0 Å². The van der Waals surface area contributed by atoms with E-state index in [4.69, 9.17) is 0 Å². The van der Waals surface area contributed by atoms with E-state index in [9.17, 15) is 9.59 Å². The van der Waals surface area contributed by atoms with Crippen LogP contribution in [0.3, 0.4) is 0 Å². The van der Waals surface area contributed by atoms with Crippen molar-refractivity contribution in [3.8, 4) is 0 Å². The summed E-state index contributed by atoms with van der Waals surface area (Å²) in [6, 6.07) is 7.83. The molecule has 3 atom stereocenters. The highest BCUT2D eigenvalue weighted by Gasteiger charge is 2.40. The average Bonchev–Trinajstić information content (AvgIpc) is 3.24. The lowest BCUT2D eigenvalue weighted by molar-refractivity contribution is -0.117. The Morgan fingerprint density at radius 3 is 2.82 bits per heavy atom. The Bertz CT molecular complexity index is 613. The predicted molar refractivity (Wildman–Crippen MR) is 84.7 cm³/mol. The third-order valence-electron chi connectivity index (χ3n) is 5.55. The van der Waals surface area contributed by atoms with Gasteiger partial charge in [-0.1, -0.05) is 12.5 Å². The van der Waals surface area contributed by atoms with Crippen LogP contribution in [0.1, 0.15) is 48.9 Å². The van der Waals surface area contributed by atoms with Gasteiger partial charge in [0.15, 0.2) is 0 Å². The van der Waals surface area contributed by atoms with Crippen molar-refractivity contribution in [3.05, 3.63) is 29.8 Å². The van der Waals surface area contributed by atoms with E-state index >= 15 is 0 Å². The minimum atomic E-state index is 0.00560. The number of hydrogen-bond acceptors (Lipinski definition) is 2. The zero-order valence-corrected chi connectivity index (χ0v) is 12.8. The van der Waals surface area contributed by atoms with E-state index in [-0.39, 0.29) is 11.8 Å². The summed E-state index contributed by atoms with van der Waals surface area (Å²) in [5.41, 5.74) is 1.52. The van der Waals surface area contributed by atoms with Crippen LogP contribution in [0.2, 0.25) is 0 Å². The van der Waals surface area contributed by atoms with Crippen molar-refractivity contribution < 1.29 is 9.59 Å². The molecule has 116 valence electrons. The Kier molecular flexibility index (Phi) is 3.40. The molecule has 4 nitrogen and oxygen atoms in total. The third kappa shape index (κ3) is 2.40. The quantitative estimate of drug-likeness (QED) is 0.933. The van der Waals surface area contributed by atoms with E-state index < -0.39 is 0 Å². The third-order valence-corrected chi connectivity index (χ3v) is 5.55. The van der Waals surface area contributed by atoms with Crippen LogP contribution in [0.5, 0.6) is 0 Å². The van der Waals surface area contributed by atoms with Crippen LogP contribution >= 0.6 is 0 Å². The lowest BCUT2D eigenvalue weighted by Crippen LogP contribution is -2.38. The van der Waals surface area contributed by atoms with Crippen LogP contribution < -0.4 is 10.2 Å². The van der Waals surface area contributed by atoms with Crippen LogP contribution in [0.4, 0.5) is 5.69 Å². The number of amides is 2. The second kappa shape index (κ2) is 5.41. The largest absolute Gasteiger partial charge is 0.349 e. The molecule has 0 unspecified atom stereocenters. The van der Waals surface area contributed by atoms with Crippen molar-refractivity contribution >= 4 is 17.5 Å². The van der Waals surface area contributed by atoms with Gasteiger partial charge in [0.05, 0.1) is 0 Å². The first-order valence-corrected chi connectivity index (χ1v) is 8.42. The molecule has 1 saturated heterocycles. The molecular formula is C18H22N2O2.